The molecule has 29 heavy (non-hydrogen) atoms. The van der Waals surface area contributed by atoms with E-state index in [9.17, 15) is 8.78 Å². The fraction of sp³-hybridized carbons (Fsp3) is 0.167. The van der Waals surface area contributed by atoms with Crippen LogP contribution in [0.2, 0.25) is 5.15 Å². The van der Waals surface area contributed by atoms with Crippen molar-refractivity contribution in [2.24, 2.45) is 7.05 Å². The van der Waals surface area contributed by atoms with Crippen LogP contribution in [0.1, 0.15) is 18.7 Å². The van der Waals surface area contributed by atoms with E-state index in [0.717, 1.165) is 12.3 Å². The van der Waals surface area contributed by atoms with E-state index in [2.05, 4.69) is 35.6 Å². The van der Waals surface area contributed by atoms with Crippen molar-refractivity contribution in [3.63, 3.8) is 0 Å². The zero-order valence-corrected chi connectivity index (χ0v) is 16.1. The van der Waals surface area contributed by atoms with Crippen LogP contribution in [0.3, 0.4) is 0 Å². The van der Waals surface area contributed by atoms with E-state index in [0.29, 0.717) is 22.7 Å². The molecule has 8 nitrogen and oxygen atoms in total. The van der Waals surface area contributed by atoms with Gasteiger partial charge in [0.05, 0.1) is 29.6 Å². The molecule has 4 rings (SSSR count). The standard InChI is InChI=1S/C18H15ClF2N8/c1-9(15-12(21)5-10(20)6-22-15)24-18-27-16-11(3-4-13(19)25-16)17(28-18)26-14-7-29(2)8-23-14/h3-9H,1-2H3,(H2,24,25,26,27,28). The molecule has 4 aromatic rings. The molecular weight excluding hydrogens is 402 g/mol. The van der Waals surface area contributed by atoms with Gasteiger partial charge >= 0.3 is 0 Å². The van der Waals surface area contributed by atoms with Gasteiger partial charge in [0.15, 0.2) is 5.65 Å². The fourth-order valence-corrected chi connectivity index (χ4v) is 2.89. The number of rotatable bonds is 5. The van der Waals surface area contributed by atoms with Gasteiger partial charge in [-0.25, -0.2) is 18.7 Å². The Hall–Kier alpha value is -3.40. The van der Waals surface area contributed by atoms with Gasteiger partial charge in [-0.15, -0.1) is 0 Å². The van der Waals surface area contributed by atoms with E-state index in [1.54, 1.807) is 36.1 Å². The summed E-state index contributed by atoms with van der Waals surface area (Å²) in [7, 11) is 1.84. The summed E-state index contributed by atoms with van der Waals surface area (Å²) < 4.78 is 29.0. The Kier molecular flexibility index (Phi) is 4.93. The summed E-state index contributed by atoms with van der Waals surface area (Å²) in [4.78, 5) is 21.1. The van der Waals surface area contributed by atoms with Gasteiger partial charge in [-0.2, -0.15) is 9.97 Å². The van der Waals surface area contributed by atoms with Gasteiger partial charge < -0.3 is 15.2 Å². The summed E-state index contributed by atoms with van der Waals surface area (Å²) in [5.41, 5.74) is 0.376. The highest BCUT2D eigenvalue weighted by molar-refractivity contribution is 6.29. The molecular formula is C18H15ClF2N8. The number of anilines is 3. The largest absolute Gasteiger partial charge is 0.346 e. The minimum atomic E-state index is -0.765. The Morgan fingerprint density at radius 2 is 1.97 bits per heavy atom. The predicted molar refractivity (Wildman–Crippen MR) is 105 cm³/mol. The normalized spacial score (nSPS) is 12.2. The maximum absolute atomic E-state index is 14.0. The molecule has 0 saturated carbocycles. The van der Waals surface area contributed by atoms with Crippen LogP contribution < -0.4 is 10.6 Å². The predicted octanol–water partition coefficient (Wildman–Crippen LogP) is 4.00. The number of halogens is 3. The van der Waals surface area contributed by atoms with E-state index in [1.807, 2.05) is 7.05 Å². The lowest BCUT2D eigenvalue weighted by Crippen LogP contribution is -2.14. The highest BCUT2D eigenvalue weighted by Gasteiger charge is 2.17. The van der Waals surface area contributed by atoms with Crippen molar-refractivity contribution in [1.29, 1.82) is 0 Å². The summed E-state index contributed by atoms with van der Waals surface area (Å²) in [6, 6.07) is 3.52. The summed E-state index contributed by atoms with van der Waals surface area (Å²) in [5.74, 6) is -0.323. The number of fused-ring (bicyclic) bond motifs is 1. The third kappa shape index (κ3) is 4.06. The van der Waals surface area contributed by atoms with Gasteiger partial charge in [0.2, 0.25) is 5.95 Å². The monoisotopic (exact) mass is 416 g/mol. The number of hydrogen-bond acceptors (Lipinski definition) is 7. The SMILES string of the molecule is CC(Nc1nc(Nc2cn(C)cn2)c2ccc(Cl)nc2n1)c1ncc(F)cc1F. The first-order chi connectivity index (χ1) is 13.9. The van der Waals surface area contributed by atoms with Crippen LogP contribution in [0.25, 0.3) is 11.0 Å². The summed E-state index contributed by atoms with van der Waals surface area (Å²) in [6.07, 6.45) is 4.38. The van der Waals surface area contributed by atoms with Gasteiger partial charge in [0, 0.05) is 19.3 Å². The number of nitrogens with one attached hydrogen (secondary N) is 2. The second-order valence-corrected chi connectivity index (χ2v) is 6.72. The maximum atomic E-state index is 14.0. The highest BCUT2D eigenvalue weighted by Crippen LogP contribution is 2.26. The smallest absolute Gasteiger partial charge is 0.227 e. The molecule has 0 aliphatic carbocycles. The molecule has 0 radical (unpaired) electrons. The fourth-order valence-electron chi connectivity index (χ4n) is 2.75. The van der Waals surface area contributed by atoms with Crippen LogP contribution in [0, 0.1) is 11.6 Å². The molecule has 0 fully saturated rings. The third-order valence-corrected chi connectivity index (χ3v) is 4.28. The van der Waals surface area contributed by atoms with Crippen molar-refractivity contribution in [3.05, 3.63) is 59.4 Å². The highest BCUT2D eigenvalue weighted by atomic mass is 35.5. The zero-order chi connectivity index (χ0) is 20.5. The molecule has 4 aromatic heterocycles. The number of nitrogens with zero attached hydrogens (tertiary/aromatic N) is 6. The van der Waals surface area contributed by atoms with Gasteiger partial charge in [0.1, 0.15) is 28.4 Å². The first-order valence-corrected chi connectivity index (χ1v) is 8.93. The molecule has 2 N–H and O–H groups in total. The Labute approximate surface area is 169 Å². The van der Waals surface area contributed by atoms with E-state index in [-0.39, 0.29) is 16.8 Å². The lowest BCUT2D eigenvalue weighted by atomic mass is 10.2. The summed E-state index contributed by atoms with van der Waals surface area (Å²) in [6.45, 7) is 1.66. The zero-order valence-electron chi connectivity index (χ0n) is 15.4. The summed E-state index contributed by atoms with van der Waals surface area (Å²) in [5, 5.41) is 6.98. The molecule has 0 amide bonds. The molecule has 148 valence electrons. The van der Waals surface area contributed by atoms with Crippen LogP contribution >= 0.6 is 11.6 Å². The quantitative estimate of drug-likeness (QED) is 0.475. The molecule has 0 aliphatic rings. The molecule has 0 spiro atoms. The van der Waals surface area contributed by atoms with Crippen molar-refractivity contribution in [1.82, 2.24) is 29.5 Å². The average molecular weight is 417 g/mol. The number of aromatic nitrogens is 6. The van der Waals surface area contributed by atoms with Crippen LogP contribution in [-0.4, -0.2) is 29.5 Å². The van der Waals surface area contributed by atoms with Crippen LogP contribution in [0.4, 0.5) is 26.4 Å². The molecule has 11 heteroatoms. The van der Waals surface area contributed by atoms with Gasteiger partial charge in [0.25, 0.3) is 0 Å². The average Bonchev–Trinajstić information content (AvgIpc) is 3.06. The van der Waals surface area contributed by atoms with Crippen LogP contribution in [0.5, 0.6) is 0 Å². The second-order valence-electron chi connectivity index (χ2n) is 6.34. The van der Waals surface area contributed by atoms with Crippen molar-refractivity contribution in [2.45, 2.75) is 13.0 Å². The molecule has 0 aromatic carbocycles. The first-order valence-electron chi connectivity index (χ1n) is 8.56. The van der Waals surface area contributed by atoms with E-state index in [1.165, 1.54) is 0 Å². The Balaban J connectivity index is 1.71. The Bertz CT molecular complexity index is 1200. The first kappa shape index (κ1) is 18.9. The second kappa shape index (κ2) is 7.55. The van der Waals surface area contributed by atoms with E-state index in [4.69, 9.17) is 11.6 Å². The van der Waals surface area contributed by atoms with Crippen molar-refractivity contribution < 1.29 is 8.78 Å². The van der Waals surface area contributed by atoms with Crippen molar-refractivity contribution >= 4 is 40.2 Å². The molecule has 1 atom stereocenters. The maximum Gasteiger partial charge on any atom is 0.227 e. The Morgan fingerprint density at radius 3 is 2.69 bits per heavy atom. The van der Waals surface area contributed by atoms with E-state index < -0.39 is 17.7 Å². The van der Waals surface area contributed by atoms with Gasteiger partial charge in [-0.3, -0.25) is 4.98 Å². The molecule has 0 aliphatic heterocycles. The van der Waals surface area contributed by atoms with Gasteiger partial charge in [-0.1, -0.05) is 11.6 Å². The third-order valence-electron chi connectivity index (χ3n) is 4.07. The molecule has 0 bridgehead atoms. The van der Waals surface area contributed by atoms with Gasteiger partial charge in [-0.05, 0) is 19.1 Å². The number of aryl methyl sites for hydroxylation is 1. The number of pyridine rings is 2. The minimum absolute atomic E-state index is 0.0355. The number of hydrogen-bond donors (Lipinski definition) is 2. The number of imidazole rings is 1. The molecule has 1 unspecified atom stereocenters. The lowest BCUT2D eigenvalue weighted by Gasteiger charge is -2.15. The topological polar surface area (TPSA) is 93.4 Å². The summed E-state index contributed by atoms with van der Waals surface area (Å²) >= 11 is 6.00. The minimum Gasteiger partial charge on any atom is -0.346 e. The van der Waals surface area contributed by atoms with Crippen molar-refractivity contribution in [2.75, 3.05) is 10.6 Å². The Morgan fingerprint density at radius 1 is 1.14 bits per heavy atom. The van der Waals surface area contributed by atoms with Crippen molar-refractivity contribution in [3.8, 4) is 0 Å². The molecule has 0 saturated heterocycles. The molecule has 4 heterocycles. The van der Waals surface area contributed by atoms with E-state index >= 15 is 0 Å². The van der Waals surface area contributed by atoms with Crippen LogP contribution in [0.15, 0.2) is 36.9 Å². The van der Waals surface area contributed by atoms with Crippen LogP contribution in [-0.2, 0) is 7.05 Å². The lowest BCUT2D eigenvalue weighted by molar-refractivity contribution is 0.550.